The third kappa shape index (κ3) is 6.13. The zero-order valence-corrected chi connectivity index (χ0v) is 9.97. The molecule has 0 radical (unpaired) electrons. The molecule has 0 spiro atoms. The molecule has 0 aliphatic rings. The molecule has 0 aromatic carbocycles. The minimum Gasteiger partial charge on any atom is -0.481 e. The van der Waals surface area contributed by atoms with E-state index in [4.69, 9.17) is 5.11 Å². The predicted molar refractivity (Wildman–Crippen MR) is 58.7 cm³/mol. The maximum Gasteiger partial charge on any atom is 0.307 e. The Morgan fingerprint density at radius 1 is 1.36 bits per heavy atom. The summed E-state index contributed by atoms with van der Waals surface area (Å²) >= 11 is 0. The maximum absolute atomic E-state index is 11.5. The molecule has 0 heterocycles. The van der Waals surface area contributed by atoms with Crippen molar-refractivity contribution in [3.05, 3.63) is 0 Å². The second kappa shape index (κ2) is 6.98. The Labute approximate surface area is 88.4 Å². The highest BCUT2D eigenvalue weighted by Crippen LogP contribution is 2.08. The zero-order chi connectivity index (χ0) is 11.1. The smallest absolute Gasteiger partial charge is 0.307 e. The fraction of sp³-hybridized carbons (Fsp3) is 0.900. The number of carbonyl (C=O) groups is 1. The summed E-state index contributed by atoms with van der Waals surface area (Å²) in [6.45, 7) is 5.76. The van der Waals surface area contributed by atoms with E-state index in [2.05, 4.69) is 13.8 Å². The Morgan fingerprint density at radius 2 is 1.93 bits per heavy atom. The van der Waals surface area contributed by atoms with Crippen molar-refractivity contribution in [1.82, 2.24) is 0 Å². The third-order valence-electron chi connectivity index (χ3n) is 2.11. The van der Waals surface area contributed by atoms with Gasteiger partial charge in [-0.1, -0.05) is 33.6 Å². The molecule has 0 bridgehead atoms. The van der Waals surface area contributed by atoms with Crippen molar-refractivity contribution < 1.29 is 14.1 Å². The summed E-state index contributed by atoms with van der Waals surface area (Å²) in [6, 6.07) is 0. The van der Waals surface area contributed by atoms with Crippen LogP contribution in [0.4, 0.5) is 0 Å². The average Bonchev–Trinajstić information content (AvgIpc) is 2.03. The van der Waals surface area contributed by atoms with Crippen molar-refractivity contribution in [3.8, 4) is 0 Å². The Balaban J connectivity index is 3.80. The molecule has 3 unspecified atom stereocenters. The fourth-order valence-corrected chi connectivity index (χ4v) is 2.95. The molecule has 0 aromatic heterocycles. The minimum atomic E-state index is -0.983. The SMILES string of the molecule is CCCC(C)CS(=O)CC(C)C(=O)O. The molecule has 0 saturated carbocycles. The van der Waals surface area contributed by atoms with Crippen LogP contribution < -0.4 is 0 Å². The van der Waals surface area contributed by atoms with E-state index in [9.17, 15) is 9.00 Å². The van der Waals surface area contributed by atoms with Crippen LogP contribution in [0.25, 0.3) is 0 Å². The predicted octanol–water partition coefficient (Wildman–Crippen LogP) is 1.89. The van der Waals surface area contributed by atoms with Crippen molar-refractivity contribution in [1.29, 1.82) is 0 Å². The molecular weight excluding hydrogens is 200 g/mol. The van der Waals surface area contributed by atoms with Gasteiger partial charge in [0.2, 0.25) is 0 Å². The van der Waals surface area contributed by atoms with Crippen LogP contribution in [0.2, 0.25) is 0 Å². The van der Waals surface area contributed by atoms with Gasteiger partial charge >= 0.3 is 5.97 Å². The summed E-state index contributed by atoms with van der Waals surface area (Å²) in [5.41, 5.74) is 0. The number of hydrogen-bond acceptors (Lipinski definition) is 2. The largest absolute Gasteiger partial charge is 0.481 e. The average molecular weight is 220 g/mol. The number of rotatable bonds is 7. The summed E-state index contributed by atoms with van der Waals surface area (Å²) < 4.78 is 11.5. The molecular formula is C10H20O3S. The number of carboxylic acid groups (broad SMARTS) is 1. The van der Waals surface area contributed by atoms with Gasteiger partial charge in [-0.15, -0.1) is 0 Å². The van der Waals surface area contributed by atoms with E-state index in [1.54, 1.807) is 6.92 Å². The lowest BCUT2D eigenvalue weighted by Gasteiger charge is -2.11. The first kappa shape index (κ1) is 13.6. The van der Waals surface area contributed by atoms with Crippen LogP contribution in [0.3, 0.4) is 0 Å². The van der Waals surface area contributed by atoms with Crippen molar-refractivity contribution in [2.75, 3.05) is 11.5 Å². The molecule has 0 aliphatic heterocycles. The van der Waals surface area contributed by atoms with E-state index in [0.29, 0.717) is 11.7 Å². The van der Waals surface area contributed by atoms with Gasteiger partial charge in [0, 0.05) is 22.3 Å². The highest BCUT2D eigenvalue weighted by Gasteiger charge is 2.16. The van der Waals surface area contributed by atoms with Crippen LogP contribution in [-0.2, 0) is 15.6 Å². The monoisotopic (exact) mass is 220 g/mol. The molecule has 0 amide bonds. The number of hydrogen-bond donors (Lipinski definition) is 1. The molecule has 0 aromatic rings. The van der Waals surface area contributed by atoms with Gasteiger partial charge < -0.3 is 5.11 Å². The highest BCUT2D eigenvalue weighted by atomic mass is 32.2. The van der Waals surface area contributed by atoms with Crippen molar-refractivity contribution in [2.24, 2.45) is 11.8 Å². The summed E-state index contributed by atoms with van der Waals surface area (Å²) in [5, 5.41) is 8.63. The van der Waals surface area contributed by atoms with E-state index in [1.165, 1.54) is 0 Å². The van der Waals surface area contributed by atoms with Gasteiger partial charge in [0.25, 0.3) is 0 Å². The third-order valence-corrected chi connectivity index (χ3v) is 3.92. The van der Waals surface area contributed by atoms with Crippen LogP contribution in [-0.4, -0.2) is 26.8 Å². The molecule has 14 heavy (non-hydrogen) atoms. The minimum absolute atomic E-state index is 0.281. The molecule has 3 nitrogen and oxygen atoms in total. The lowest BCUT2D eigenvalue weighted by atomic mass is 10.1. The maximum atomic E-state index is 11.5. The molecule has 84 valence electrons. The Hall–Kier alpha value is -0.380. The van der Waals surface area contributed by atoms with Gasteiger partial charge in [-0.3, -0.25) is 9.00 Å². The molecule has 0 aliphatic carbocycles. The van der Waals surface area contributed by atoms with E-state index in [1.807, 2.05) is 0 Å². The molecule has 0 rings (SSSR count). The second-order valence-electron chi connectivity index (χ2n) is 3.91. The summed E-state index contributed by atoms with van der Waals surface area (Å²) in [5.74, 6) is -0.0116. The fourth-order valence-electron chi connectivity index (χ4n) is 1.31. The van der Waals surface area contributed by atoms with Gasteiger partial charge in [-0.2, -0.15) is 0 Å². The summed E-state index contributed by atoms with van der Waals surface area (Å²) in [6.07, 6.45) is 2.15. The topological polar surface area (TPSA) is 54.4 Å². The van der Waals surface area contributed by atoms with Gasteiger partial charge in [0.05, 0.1) is 5.92 Å². The molecule has 0 fully saturated rings. The van der Waals surface area contributed by atoms with Gasteiger partial charge in [0.1, 0.15) is 0 Å². The molecule has 0 saturated heterocycles. The van der Waals surface area contributed by atoms with Crippen LogP contribution in [0, 0.1) is 11.8 Å². The Kier molecular flexibility index (Phi) is 6.79. The summed E-state index contributed by atoms with van der Waals surface area (Å²) in [7, 11) is -0.983. The van der Waals surface area contributed by atoms with E-state index >= 15 is 0 Å². The van der Waals surface area contributed by atoms with Crippen LogP contribution >= 0.6 is 0 Å². The lowest BCUT2D eigenvalue weighted by molar-refractivity contribution is -0.140. The first-order chi connectivity index (χ1) is 6.47. The Bertz CT molecular complexity index is 204. The second-order valence-corrected chi connectivity index (χ2v) is 5.45. The van der Waals surface area contributed by atoms with E-state index in [-0.39, 0.29) is 5.75 Å². The van der Waals surface area contributed by atoms with Gasteiger partial charge in [-0.25, -0.2) is 0 Å². The first-order valence-corrected chi connectivity index (χ1v) is 6.54. The van der Waals surface area contributed by atoms with Crippen LogP contribution in [0.1, 0.15) is 33.6 Å². The number of aliphatic carboxylic acids is 1. The van der Waals surface area contributed by atoms with Crippen molar-refractivity contribution >= 4 is 16.8 Å². The van der Waals surface area contributed by atoms with Crippen LogP contribution in [0.15, 0.2) is 0 Å². The van der Waals surface area contributed by atoms with Crippen molar-refractivity contribution in [2.45, 2.75) is 33.6 Å². The highest BCUT2D eigenvalue weighted by molar-refractivity contribution is 7.85. The summed E-state index contributed by atoms with van der Waals surface area (Å²) in [4.78, 5) is 10.5. The quantitative estimate of drug-likeness (QED) is 0.713. The normalized spacial score (nSPS) is 17.4. The standard InChI is InChI=1S/C10H20O3S/c1-4-5-8(2)6-14(13)7-9(3)10(11)12/h8-9H,4-7H2,1-3H3,(H,11,12). The Morgan fingerprint density at radius 3 is 2.36 bits per heavy atom. The van der Waals surface area contributed by atoms with E-state index < -0.39 is 22.7 Å². The first-order valence-electron chi connectivity index (χ1n) is 5.05. The lowest BCUT2D eigenvalue weighted by Crippen LogP contribution is -2.20. The molecule has 1 N–H and O–H groups in total. The number of carboxylic acids is 1. The van der Waals surface area contributed by atoms with Crippen LogP contribution in [0.5, 0.6) is 0 Å². The van der Waals surface area contributed by atoms with Gasteiger partial charge in [0.15, 0.2) is 0 Å². The zero-order valence-electron chi connectivity index (χ0n) is 9.16. The molecule has 4 heteroatoms. The van der Waals surface area contributed by atoms with Gasteiger partial charge in [-0.05, 0) is 5.92 Å². The van der Waals surface area contributed by atoms with Crippen molar-refractivity contribution in [3.63, 3.8) is 0 Å². The van der Waals surface area contributed by atoms with E-state index in [0.717, 1.165) is 12.8 Å². The molecule has 3 atom stereocenters.